The maximum Gasteiger partial charge on any atom is 0.264 e. The normalized spacial score (nSPS) is 13.3. The van der Waals surface area contributed by atoms with Crippen LogP contribution in [0.2, 0.25) is 0 Å². The van der Waals surface area contributed by atoms with E-state index in [2.05, 4.69) is 29.9 Å². The van der Waals surface area contributed by atoms with Crippen molar-refractivity contribution < 1.29 is 17.0 Å². The molecular formula is C13H21NO4S. The van der Waals surface area contributed by atoms with Crippen LogP contribution in [0, 0.1) is 12.3 Å². The molecule has 6 heteroatoms. The first-order valence-corrected chi connectivity index (χ1v) is 7.88. The molecule has 0 atom stereocenters. The van der Waals surface area contributed by atoms with Gasteiger partial charge in [0.05, 0.1) is 18.6 Å². The highest BCUT2D eigenvalue weighted by atomic mass is 32.2. The van der Waals surface area contributed by atoms with Gasteiger partial charge in [0.2, 0.25) is 5.89 Å². The lowest BCUT2D eigenvalue weighted by atomic mass is 9.96. The molecule has 0 saturated heterocycles. The summed E-state index contributed by atoms with van der Waals surface area (Å²) in [6, 6.07) is 0. The van der Waals surface area contributed by atoms with Gasteiger partial charge >= 0.3 is 0 Å². The van der Waals surface area contributed by atoms with Gasteiger partial charge in [-0.15, -0.1) is 0 Å². The van der Waals surface area contributed by atoms with E-state index >= 15 is 0 Å². The second-order valence-corrected chi connectivity index (χ2v) is 7.17. The minimum Gasteiger partial charge on any atom is -0.442 e. The summed E-state index contributed by atoms with van der Waals surface area (Å²) in [5.41, 5.74) is 0.777. The van der Waals surface area contributed by atoms with Gasteiger partial charge in [0, 0.05) is 6.42 Å². The lowest BCUT2D eigenvalue weighted by molar-refractivity contribution is 0.324. The highest BCUT2D eigenvalue weighted by Gasteiger charge is 2.10. The molecule has 0 aliphatic carbocycles. The number of rotatable bonds is 5. The summed E-state index contributed by atoms with van der Waals surface area (Å²) in [6.45, 7) is 8.13. The number of oxazole rings is 1. The molecule has 1 aromatic heterocycles. The second kappa shape index (κ2) is 5.88. The monoisotopic (exact) mass is 287 g/mol. The van der Waals surface area contributed by atoms with Crippen molar-refractivity contribution in [3.63, 3.8) is 0 Å². The molecule has 0 bridgehead atoms. The van der Waals surface area contributed by atoms with Crippen LogP contribution in [0.1, 0.15) is 38.1 Å². The van der Waals surface area contributed by atoms with Crippen LogP contribution < -0.4 is 0 Å². The molecule has 0 fully saturated rings. The van der Waals surface area contributed by atoms with E-state index in [1.807, 2.05) is 12.2 Å². The Balaban J connectivity index is 2.67. The number of hydrogen-bond acceptors (Lipinski definition) is 5. The van der Waals surface area contributed by atoms with E-state index in [0.717, 1.165) is 11.9 Å². The molecule has 0 unspecified atom stereocenters. The zero-order valence-electron chi connectivity index (χ0n) is 12.1. The van der Waals surface area contributed by atoms with Crippen LogP contribution in [0.4, 0.5) is 0 Å². The van der Waals surface area contributed by atoms with Crippen molar-refractivity contribution in [3.8, 4) is 0 Å². The van der Waals surface area contributed by atoms with Crippen molar-refractivity contribution in [3.05, 3.63) is 23.4 Å². The van der Waals surface area contributed by atoms with Gasteiger partial charge in [0.1, 0.15) is 5.76 Å². The maximum absolute atomic E-state index is 10.8. The first-order valence-electron chi connectivity index (χ1n) is 6.07. The highest BCUT2D eigenvalue weighted by molar-refractivity contribution is 7.85. The molecule has 1 heterocycles. The molecule has 0 spiro atoms. The number of nitrogens with zero attached hydrogens (tertiary/aromatic N) is 1. The van der Waals surface area contributed by atoms with Crippen LogP contribution in [0.25, 0.3) is 6.08 Å². The summed E-state index contributed by atoms with van der Waals surface area (Å²) in [6.07, 6.45) is 5.27. The van der Waals surface area contributed by atoms with Gasteiger partial charge in [-0.05, 0) is 18.4 Å². The Hall–Kier alpha value is -1.14. The lowest BCUT2D eigenvalue weighted by Crippen LogP contribution is -2.06. The molecule has 0 aliphatic rings. The Kier molecular flexibility index (Phi) is 4.92. The molecule has 0 N–H and O–H groups in total. The zero-order chi connectivity index (χ0) is 14.7. The molecule has 0 aliphatic heterocycles. The molecular weight excluding hydrogens is 266 g/mol. The summed E-state index contributed by atoms with van der Waals surface area (Å²) < 4.78 is 31.9. The molecule has 0 aromatic carbocycles. The van der Waals surface area contributed by atoms with Crippen molar-refractivity contribution in [2.75, 3.05) is 12.9 Å². The minimum absolute atomic E-state index is 0.0575. The summed E-state index contributed by atoms with van der Waals surface area (Å²) >= 11 is 0. The third kappa shape index (κ3) is 6.54. The van der Waals surface area contributed by atoms with Crippen molar-refractivity contribution >= 4 is 16.2 Å². The Morgan fingerprint density at radius 2 is 2.00 bits per heavy atom. The standard InChI is InChI=1S/C13H21NO4S/c1-10-11(7-9-17-19(5,15)16)14-12(18-10)6-8-13(2,3)4/h6,8H,7,9H2,1-5H3. The molecule has 1 aromatic rings. The molecule has 0 radical (unpaired) electrons. The van der Waals surface area contributed by atoms with Gasteiger partial charge in [-0.1, -0.05) is 26.8 Å². The minimum atomic E-state index is -3.40. The fourth-order valence-corrected chi connectivity index (χ4v) is 1.75. The van der Waals surface area contributed by atoms with Crippen molar-refractivity contribution in [2.24, 2.45) is 5.41 Å². The van der Waals surface area contributed by atoms with Crippen molar-refractivity contribution in [1.82, 2.24) is 4.98 Å². The fourth-order valence-electron chi connectivity index (χ4n) is 1.36. The van der Waals surface area contributed by atoms with Gasteiger partial charge in [-0.2, -0.15) is 8.42 Å². The van der Waals surface area contributed by atoms with Gasteiger partial charge < -0.3 is 4.42 Å². The smallest absolute Gasteiger partial charge is 0.264 e. The molecule has 1 rings (SSSR count). The van der Waals surface area contributed by atoms with E-state index in [0.29, 0.717) is 18.1 Å². The SMILES string of the molecule is Cc1oc(C=CC(C)(C)C)nc1CCOS(C)(=O)=O. The largest absolute Gasteiger partial charge is 0.442 e. The first kappa shape index (κ1) is 15.9. The lowest BCUT2D eigenvalue weighted by Gasteiger charge is -2.09. The number of allylic oxidation sites excluding steroid dienone is 1. The predicted molar refractivity (Wildman–Crippen MR) is 74.2 cm³/mol. The van der Waals surface area contributed by atoms with E-state index in [1.165, 1.54) is 0 Å². The summed E-state index contributed by atoms with van der Waals surface area (Å²) in [7, 11) is -3.40. The zero-order valence-corrected chi connectivity index (χ0v) is 12.9. The first-order chi connectivity index (χ1) is 8.57. The van der Waals surface area contributed by atoms with E-state index < -0.39 is 10.1 Å². The molecule has 19 heavy (non-hydrogen) atoms. The Morgan fingerprint density at radius 1 is 1.37 bits per heavy atom. The van der Waals surface area contributed by atoms with E-state index in [-0.39, 0.29) is 12.0 Å². The van der Waals surface area contributed by atoms with Crippen LogP contribution in [0.5, 0.6) is 0 Å². The summed E-state index contributed by atoms with van der Waals surface area (Å²) in [5.74, 6) is 1.22. The summed E-state index contributed by atoms with van der Waals surface area (Å²) in [5, 5.41) is 0. The number of aryl methyl sites for hydroxylation is 1. The molecule has 0 amide bonds. The van der Waals surface area contributed by atoms with E-state index in [4.69, 9.17) is 4.42 Å². The van der Waals surface area contributed by atoms with Crippen LogP contribution in [-0.2, 0) is 20.7 Å². The van der Waals surface area contributed by atoms with Crippen LogP contribution in [0.3, 0.4) is 0 Å². The van der Waals surface area contributed by atoms with Gasteiger partial charge in [-0.3, -0.25) is 4.18 Å². The maximum atomic E-state index is 10.8. The Bertz CT molecular complexity index is 550. The van der Waals surface area contributed by atoms with Gasteiger partial charge in [-0.25, -0.2) is 4.98 Å². The number of hydrogen-bond donors (Lipinski definition) is 0. The molecule has 5 nitrogen and oxygen atoms in total. The Labute approximate surface area is 114 Å². The third-order valence-corrected chi connectivity index (χ3v) is 2.87. The van der Waals surface area contributed by atoms with E-state index in [1.54, 1.807) is 6.92 Å². The average Bonchev–Trinajstić information content (AvgIpc) is 2.54. The quantitative estimate of drug-likeness (QED) is 0.778. The number of aromatic nitrogens is 1. The van der Waals surface area contributed by atoms with Crippen molar-refractivity contribution in [2.45, 2.75) is 34.1 Å². The highest BCUT2D eigenvalue weighted by Crippen LogP contribution is 2.18. The molecule has 108 valence electrons. The van der Waals surface area contributed by atoms with Crippen LogP contribution in [0.15, 0.2) is 10.5 Å². The summed E-state index contributed by atoms with van der Waals surface area (Å²) in [4.78, 5) is 4.30. The topological polar surface area (TPSA) is 69.4 Å². The van der Waals surface area contributed by atoms with Crippen LogP contribution in [-0.4, -0.2) is 26.3 Å². The average molecular weight is 287 g/mol. The Morgan fingerprint density at radius 3 is 2.53 bits per heavy atom. The van der Waals surface area contributed by atoms with Gasteiger partial charge in [0.15, 0.2) is 0 Å². The van der Waals surface area contributed by atoms with Crippen molar-refractivity contribution in [1.29, 1.82) is 0 Å². The molecule has 0 saturated carbocycles. The fraction of sp³-hybridized carbons (Fsp3) is 0.615. The third-order valence-electron chi connectivity index (χ3n) is 2.27. The van der Waals surface area contributed by atoms with E-state index in [9.17, 15) is 8.42 Å². The second-order valence-electron chi connectivity index (χ2n) is 5.53. The van der Waals surface area contributed by atoms with Gasteiger partial charge in [0.25, 0.3) is 10.1 Å². The van der Waals surface area contributed by atoms with Crippen LogP contribution >= 0.6 is 0 Å². The predicted octanol–water partition coefficient (Wildman–Crippen LogP) is 2.56.